The van der Waals surface area contributed by atoms with Gasteiger partial charge in [0, 0.05) is 18.2 Å². The summed E-state index contributed by atoms with van der Waals surface area (Å²) >= 11 is 1.42. The van der Waals surface area contributed by atoms with E-state index in [9.17, 15) is 34.8 Å². The first-order valence-corrected chi connectivity index (χ1v) is 14.3. The fourth-order valence-corrected chi connectivity index (χ4v) is 5.76. The van der Waals surface area contributed by atoms with E-state index in [-0.39, 0.29) is 12.1 Å². The Kier molecular flexibility index (Phi) is 10.6. The van der Waals surface area contributed by atoms with E-state index in [2.05, 4.69) is 39.1 Å². The highest BCUT2D eigenvalue weighted by Gasteiger charge is 2.60. The molecule has 0 bridgehead atoms. The third-order valence-corrected chi connectivity index (χ3v) is 8.26. The number of nitrogens with two attached hydrogens (primary N) is 1. The lowest BCUT2D eigenvalue weighted by atomic mass is 9.72. The summed E-state index contributed by atoms with van der Waals surface area (Å²) in [5.41, 5.74) is 3.56. The number of fused-ring (bicyclic) bond motifs is 1. The first kappa shape index (κ1) is 31.4. The monoisotopic (exact) mass is 579 g/mol. The number of anilines is 1. The smallest absolute Gasteiger partial charge is 0.332 e. The Balaban J connectivity index is 2.02. The average Bonchev–Trinajstić information content (AvgIpc) is 3.47. The van der Waals surface area contributed by atoms with Gasteiger partial charge in [-0.05, 0) is 25.3 Å². The van der Waals surface area contributed by atoms with Gasteiger partial charge in [0.2, 0.25) is 0 Å². The van der Waals surface area contributed by atoms with Gasteiger partial charge in [0.25, 0.3) is 0 Å². The summed E-state index contributed by atoms with van der Waals surface area (Å²) in [5.74, 6) is -7.12. The molecular weight excluding hydrogens is 542 g/mol. The van der Waals surface area contributed by atoms with Crippen molar-refractivity contribution in [3.63, 3.8) is 0 Å². The number of nitrogens with one attached hydrogen (secondary N) is 1. The predicted molar refractivity (Wildman–Crippen MR) is 147 cm³/mol. The van der Waals surface area contributed by atoms with Gasteiger partial charge >= 0.3 is 11.9 Å². The summed E-state index contributed by atoms with van der Waals surface area (Å²) in [6.45, 7) is 8.03. The summed E-state index contributed by atoms with van der Waals surface area (Å²) < 4.78 is 1.29. The first-order valence-electron chi connectivity index (χ1n) is 13.3. The zero-order valence-corrected chi connectivity index (χ0v) is 23.4. The highest BCUT2D eigenvalue weighted by molar-refractivity contribution is 7.99. The molecule has 5 unspecified atom stereocenters. The Morgan fingerprint density at radius 3 is 2.50 bits per heavy atom. The lowest BCUT2D eigenvalue weighted by molar-refractivity contribution is -0.163. The Hall–Kier alpha value is -3.14. The second-order valence-electron chi connectivity index (χ2n) is 9.90. The molecule has 220 valence electrons. The second-order valence-corrected chi connectivity index (χ2v) is 11.0. The van der Waals surface area contributed by atoms with Crippen molar-refractivity contribution >= 4 is 46.5 Å². The van der Waals surface area contributed by atoms with Crippen LogP contribution in [0.2, 0.25) is 0 Å². The summed E-state index contributed by atoms with van der Waals surface area (Å²) in [5, 5.41) is 53.7. The van der Waals surface area contributed by atoms with Crippen LogP contribution in [0.1, 0.15) is 58.4 Å². The number of nitrogens with zero attached hydrogens (tertiary/aromatic N) is 5. The van der Waals surface area contributed by atoms with Crippen molar-refractivity contribution in [2.24, 2.45) is 17.6 Å². The minimum Gasteiger partial charge on any atom is -0.481 e. The summed E-state index contributed by atoms with van der Waals surface area (Å²) in [7, 11) is 0. The maximum absolute atomic E-state index is 12.5. The summed E-state index contributed by atoms with van der Waals surface area (Å²) in [6.07, 6.45) is 2.10. The molecule has 1 fully saturated rings. The number of aliphatic carboxylic acids is 2. The third-order valence-electron chi connectivity index (χ3n) is 7.20. The molecule has 0 aliphatic heterocycles. The SMILES string of the molecule is C=CC(=O)[C@@](N)(C(=O)O)C(C(=O)O)C1CC(n2nnc3c(NCCCCCC)nc(SCCC)nc32)C(O)C1O. The predicted octanol–water partition coefficient (Wildman–Crippen LogP) is 1.24. The molecule has 1 aliphatic rings. The van der Waals surface area contributed by atoms with Crippen molar-refractivity contribution in [1.29, 1.82) is 0 Å². The topological polar surface area (TPSA) is 227 Å². The standard InChI is InChI=1S/C25H37N7O7S/c1-4-7-8-9-10-27-20-17-21(29-24(28-20)40-11-5-2)32(31-30-17)14-12-13(18(34)19(14)35)16(22(36)37)25(26,23(38)39)15(33)6-3/h6,13-14,16,18-19,34-35H,3-5,7-12,26H2,1-2H3,(H,36,37)(H,38,39)(H,27,28,29)/t13?,14?,16?,18?,19?,25-/m0/s1. The van der Waals surface area contributed by atoms with Gasteiger partial charge in [-0.2, -0.15) is 0 Å². The van der Waals surface area contributed by atoms with Gasteiger partial charge in [0.15, 0.2) is 33.5 Å². The summed E-state index contributed by atoms with van der Waals surface area (Å²) in [4.78, 5) is 46.0. The normalized spacial score (nSPS) is 23.0. The van der Waals surface area contributed by atoms with Crippen molar-refractivity contribution in [1.82, 2.24) is 25.0 Å². The molecule has 2 heterocycles. The van der Waals surface area contributed by atoms with E-state index >= 15 is 0 Å². The average molecular weight is 580 g/mol. The fourth-order valence-electron chi connectivity index (χ4n) is 5.07. The zero-order chi connectivity index (χ0) is 29.6. The van der Waals surface area contributed by atoms with Crippen molar-refractivity contribution in [3.05, 3.63) is 12.7 Å². The van der Waals surface area contributed by atoms with Crippen molar-refractivity contribution < 1.29 is 34.8 Å². The molecule has 0 radical (unpaired) electrons. The molecule has 0 amide bonds. The molecule has 2 aromatic heterocycles. The van der Waals surface area contributed by atoms with Crippen LogP contribution in [0.5, 0.6) is 0 Å². The van der Waals surface area contributed by atoms with Crippen LogP contribution in [0.4, 0.5) is 5.82 Å². The number of hydrogen-bond donors (Lipinski definition) is 6. The lowest BCUT2D eigenvalue weighted by Gasteiger charge is -2.33. The van der Waals surface area contributed by atoms with Gasteiger partial charge in [-0.1, -0.05) is 56.7 Å². The zero-order valence-electron chi connectivity index (χ0n) is 22.6. The Labute approximate surface area is 235 Å². The molecule has 3 rings (SSSR count). The Bertz CT molecular complexity index is 1240. The number of thioether (sulfide) groups is 1. The van der Waals surface area contributed by atoms with Gasteiger partial charge in [0.1, 0.15) is 6.10 Å². The molecule has 40 heavy (non-hydrogen) atoms. The molecule has 0 saturated heterocycles. The number of carboxylic acid groups (broad SMARTS) is 2. The van der Waals surface area contributed by atoms with Crippen molar-refractivity contribution in [2.45, 2.75) is 81.3 Å². The van der Waals surface area contributed by atoms with Gasteiger partial charge in [-0.3, -0.25) is 9.59 Å². The van der Waals surface area contributed by atoms with E-state index in [0.29, 0.717) is 29.1 Å². The number of aliphatic hydroxyl groups excluding tert-OH is 2. The first-order chi connectivity index (χ1) is 19.0. The highest BCUT2D eigenvalue weighted by Crippen LogP contribution is 2.43. The van der Waals surface area contributed by atoms with Crippen LogP contribution in [0.3, 0.4) is 0 Å². The van der Waals surface area contributed by atoms with Crippen LogP contribution in [0, 0.1) is 11.8 Å². The van der Waals surface area contributed by atoms with Crippen LogP contribution >= 0.6 is 11.8 Å². The highest BCUT2D eigenvalue weighted by atomic mass is 32.2. The number of carboxylic acids is 2. The van der Waals surface area contributed by atoms with E-state index in [4.69, 9.17) is 5.73 Å². The van der Waals surface area contributed by atoms with Crippen LogP contribution < -0.4 is 11.1 Å². The number of carbonyl (C=O) groups is 3. The van der Waals surface area contributed by atoms with Gasteiger partial charge in [-0.25, -0.2) is 19.4 Å². The molecule has 0 aromatic carbocycles. The number of ketones is 1. The molecule has 15 heteroatoms. The maximum Gasteiger partial charge on any atom is 0.332 e. The van der Waals surface area contributed by atoms with E-state index < -0.39 is 53.3 Å². The van der Waals surface area contributed by atoms with E-state index in [0.717, 1.165) is 37.9 Å². The van der Waals surface area contributed by atoms with E-state index in [1.807, 2.05) is 6.92 Å². The van der Waals surface area contributed by atoms with Crippen molar-refractivity contribution in [2.75, 3.05) is 17.6 Å². The molecule has 7 N–H and O–H groups in total. The quantitative estimate of drug-likeness (QED) is 0.0541. The van der Waals surface area contributed by atoms with E-state index in [1.54, 1.807) is 0 Å². The maximum atomic E-state index is 12.5. The molecule has 6 atom stereocenters. The van der Waals surface area contributed by atoms with Crippen LogP contribution in [0.25, 0.3) is 11.2 Å². The minimum absolute atomic E-state index is 0.257. The van der Waals surface area contributed by atoms with Gasteiger partial charge < -0.3 is 31.5 Å². The van der Waals surface area contributed by atoms with Crippen molar-refractivity contribution in [3.8, 4) is 0 Å². The fraction of sp³-hybridized carbons (Fsp3) is 0.640. The number of rotatable bonds is 16. The van der Waals surface area contributed by atoms with Crippen LogP contribution in [-0.2, 0) is 14.4 Å². The third kappa shape index (κ3) is 6.11. The van der Waals surface area contributed by atoms with E-state index in [1.165, 1.54) is 16.4 Å². The largest absolute Gasteiger partial charge is 0.481 e. The molecule has 2 aromatic rings. The number of carbonyl (C=O) groups excluding carboxylic acids is 1. The molecule has 1 aliphatic carbocycles. The Morgan fingerprint density at radius 1 is 1.18 bits per heavy atom. The molecule has 14 nitrogen and oxygen atoms in total. The molecular formula is C25H37N7O7S. The second kappa shape index (κ2) is 13.5. The van der Waals surface area contributed by atoms with Crippen LogP contribution in [-0.4, -0.2) is 93.2 Å². The number of aliphatic hydroxyl groups is 2. The van der Waals surface area contributed by atoms with Gasteiger partial charge in [-0.15, -0.1) is 5.10 Å². The molecule has 1 saturated carbocycles. The Morgan fingerprint density at radius 2 is 1.90 bits per heavy atom. The molecule has 0 spiro atoms. The minimum atomic E-state index is -2.92. The van der Waals surface area contributed by atoms with Gasteiger partial charge in [0.05, 0.1) is 18.1 Å². The number of aromatic nitrogens is 5. The summed E-state index contributed by atoms with van der Waals surface area (Å²) in [6, 6.07) is -1.04. The number of unbranched alkanes of at least 4 members (excludes halogenated alkanes) is 3. The lowest BCUT2D eigenvalue weighted by Crippen LogP contribution is -2.64. The number of hydrogen-bond acceptors (Lipinski definition) is 12. The van der Waals surface area contributed by atoms with Crippen LogP contribution in [0.15, 0.2) is 17.8 Å².